The number of ketones is 1. The molecule has 1 N–H and O–H groups in total. The van der Waals surface area contributed by atoms with Crippen molar-refractivity contribution in [2.75, 3.05) is 18.6 Å². The lowest BCUT2D eigenvalue weighted by molar-refractivity contribution is -0.132. The van der Waals surface area contributed by atoms with E-state index in [2.05, 4.69) is 0 Å². The Morgan fingerprint density at radius 1 is 1.12 bits per heavy atom. The zero-order valence-electron chi connectivity index (χ0n) is 17.4. The number of Topliss-reactive ketones (excluding diaryl/α,β-unsaturated/α-hetero) is 1. The number of benzene rings is 2. The minimum Gasteiger partial charge on any atom is -0.507 e. The van der Waals surface area contributed by atoms with Crippen molar-refractivity contribution in [1.82, 2.24) is 0 Å². The van der Waals surface area contributed by atoms with Crippen LogP contribution in [-0.4, -0.2) is 30.5 Å². The van der Waals surface area contributed by atoms with Crippen molar-refractivity contribution in [2.45, 2.75) is 13.0 Å². The van der Waals surface area contributed by atoms with Crippen LogP contribution in [0.15, 0.2) is 70.9 Å². The number of aliphatic hydroxyl groups excluding tert-OH is 1. The molecule has 1 unspecified atom stereocenters. The average molecular weight is 454 g/mol. The molecule has 2 heterocycles. The molecule has 0 saturated carbocycles. The minimum atomic E-state index is -0.981. The van der Waals surface area contributed by atoms with E-state index in [4.69, 9.17) is 25.5 Å². The SMILES string of the molecule is CCOc1ccc(Cl)c(/C(O)=C2/C(=O)C(=O)N(c3ccc(OC)cc3)C2c2ccco2)c1. The lowest BCUT2D eigenvalue weighted by Crippen LogP contribution is -2.29. The van der Waals surface area contributed by atoms with Crippen LogP contribution in [0.25, 0.3) is 5.76 Å². The van der Waals surface area contributed by atoms with Gasteiger partial charge in [0, 0.05) is 11.3 Å². The number of hydrogen-bond donors (Lipinski definition) is 1. The van der Waals surface area contributed by atoms with Gasteiger partial charge in [-0.3, -0.25) is 14.5 Å². The van der Waals surface area contributed by atoms with E-state index >= 15 is 0 Å². The van der Waals surface area contributed by atoms with E-state index in [9.17, 15) is 14.7 Å². The van der Waals surface area contributed by atoms with Crippen molar-refractivity contribution < 1.29 is 28.6 Å². The van der Waals surface area contributed by atoms with Gasteiger partial charge >= 0.3 is 0 Å². The zero-order chi connectivity index (χ0) is 22.8. The third-order valence-electron chi connectivity index (χ3n) is 5.11. The quantitative estimate of drug-likeness (QED) is 0.322. The van der Waals surface area contributed by atoms with Crippen LogP contribution in [-0.2, 0) is 9.59 Å². The number of anilines is 1. The molecule has 4 rings (SSSR count). The highest BCUT2D eigenvalue weighted by Crippen LogP contribution is 2.43. The fourth-order valence-corrected chi connectivity index (χ4v) is 3.85. The second kappa shape index (κ2) is 8.80. The summed E-state index contributed by atoms with van der Waals surface area (Å²) < 4.78 is 16.2. The first-order valence-corrected chi connectivity index (χ1v) is 10.2. The van der Waals surface area contributed by atoms with Crippen LogP contribution in [0.2, 0.25) is 5.02 Å². The molecule has 1 amide bonds. The van der Waals surface area contributed by atoms with Crippen molar-refractivity contribution in [2.24, 2.45) is 0 Å². The van der Waals surface area contributed by atoms with Gasteiger partial charge in [-0.25, -0.2) is 0 Å². The molecule has 1 saturated heterocycles. The molecule has 1 fully saturated rings. The summed E-state index contributed by atoms with van der Waals surface area (Å²) in [5, 5.41) is 11.4. The molecule has 0 bridgehead atoms. The summed E-state index contributed by atoms with van der Waals surface area (Å²) in [4.78, 5) is 27.5. The Morgan fingerprint density at radius 3 is 2.47 bits per heavy atom. The third-order valence-corrected chi connectivity index (χ3v) is 5.44. The number of amides is 1. The second-order valence-electron chi connectivity index (χ2n) is 6.96. The summed E-state index contributed by atoms with van der Waals surface area (Å²) in [6, 6.07) is 13.7. The molecule has 1 aromatic heterocycles. The van der Waals surface area contributed by atoms with Gasteiger partial charge in [-0.1, -0.05) is 11.6 Å². The van der Waals surface area contributed by atoms with Gasteiger partial charge in [0.05, 0.1) is 30.6 Å². The Hall–Kier alpha value is -3.71. The maximum Gasteiger partial charge on any atom is 0.300 e. The van der Waals surface area contributed by atoms with E-state index in [1.54, 1.807) is 48.5 Å². The standard InChI is InChI=1S/C24H20ClNO6/c1-3-31-16-10-11-18(25)17(13-16)22(27)20-21(19-5-4-12-32-19)26(24(29)23(20)28)14-6-8-15(30-2)9-7-14/h4-13,21,27H,3H2,1-2H3/b22-20-. The summed E-state index contributed by atoms with van der Waals surface area (Å²) in [7, 11) is 1.53. The molecule has 164 valence electrons. The van der Waals surface area contributed by atoms with Crippen LogP contribution in [0, 0.1) is 0 Å². The minimum absolute atomic E-state index is 0.128. The summed E-state index contributed by atoms with van der Waals surface area (Å²) in [6.07, 6.45) is 1.44. The van der Waals surface area contributed by atoms with Crippen LogP contribution in [0.4, 0.5) is 5.69 Å². The predicted octanol–water partition coefficient (Wildman–Crippen LogP) is 4.97. The Morgan fingerprint density at radius 2 is 1.84 bits per heavy atom. The Balaban J connectivity index is 1.90. The van der Waals surface area contributed by atoms with Crippen molar-refractivity contribution in [3.63, 3.8) is 0 Å². The lowest BCUT2D eigenvalue weighted by Gasteiger charge is -2.23. The predicted molar refractivity (Wildman–Crippen MR) is 119 cm³/mol. The van der Waals surface area contributed by atoms with Gasteiger partial charge in [-0.05, 0) is 61.5 Å². The maximum absolute atomic E-state index is 13.1. The van der Waals surface area contributed by atoms with Gasteiger partial charge in [0.15, 0.2) is 0 Å². The Labute approximate surface area is 189 Å². The number of furan rings is 1. The molecule has 2 aromatic carbocycles. The molecular weight excluding hydrogens is 434 g/mol. The molecule has 3 aromatic rings. The van der Waals surface area contributed by atoms with Crippen LogP contribution in [0.1, 0.15) is 24.3 Å². The van der Waals surface area contributed by atoms with Gasteiger partial charge in [0.25, 0.3) is 11.7 Å². The highest BCUT2D eigenvalue weighted by atomic mass is 35.5. The molecule has 32 heavy (non-hydrogen) atoms. The number of aliphatic hydroxyl groups is 1. The number of nitrogens with zero attached hydrogens (tertiary/aromatic N) is 1. The smallest absolute Gasteiger partial charge is 0.300 e. The summed E-state index contributed by atoms with van der Waals surface area (Å²) >= 11 is 6.32. The summed E-state index contributed by atoms with van der Waals surface area (Å²) in [5.41, 5.74) is 0.501. The van der Waals surface area contributed by atoms with Crippen molar-refractivity contribution >= 4 is 34.7 Å². The van der Waals surface area contributed by atoms with Crippen LogP contribution >= 0.6 is 11.6 Å². The largest absolute Gasteiger partial charge is 0.507 e. The van der Waals surface area contributed by atoms with Crippen molar-refractivity contribution in [3.05, 3.63) is 82.8 Å². The normalized spacial score (nSPS) is 17.6. The first kappa shape index (κ1) is 21.5. The highest BCUT2D eigenvalue weighted by molar-refractivity contribution is 6.51. The zero-order valence-corrected chi connectivity index (χ0v) is 18.1. The lowest BCUT2D eigenvalue weighted by atomic mass is 9.99. The van der Waals surface area contributed by atoms with Gasteiger partial charge in [-0.15, -0.1) is 0 Å². The van der Waals surface area contributed by atoms with Crippen LogP contribution in [0.3, 0.4) is 0 Å². The maximum atomic E-state index is 13.1. The number of carbonyl (C=O) groups is 2. The molecule has 0 spiro atoms. The average Bonchev–Trinajstić information content (AvgIpc) is 3.42. The van der Waals surface area contributed by atoms with E-state index in [1.165, 1.54) is 24.3 Å². The number of halogens is 1. The number of hydrogen-bond acceptors (Lipinski definition) is 6. The fourth-order valence-electron chi connectivity index (χ4n) is 3.65. The second-order valence-corrected chi connectivity index (χ2v) is 7.36. The molecule has 0 aliphatic carbocycles. The first-order valence-electron chi connectivity index (χ1n) is 9.87. The van der Waals surface area contributed by atoms with E-state index in [0.29, 0.717) is 29.6 Å². The van der Waals surface area contributed by atoms with E-state index in [1.807, 2.05) is 6.92 Å². The molecule has 1 aliphatic heterocycles. The van der Waals surface area contributed by atoms with Gasteiger partial charge in [0.1, 0.15) is 29.1 Å². The van der Waals surface area contributed by atoms with Crippen molar-refractivity contribution in [1.29, 1.82) is 0 Å². The number of methoxy groups -OCH3 is 1. The Kier molecular flexibility index (Phi) is 5.92. The highest BCUT2D eigenvalue weighted by Gasteiger charge is 2.48. The number of carbonyl (C=O) groups excluding carboxylic acids is 2. The molecule has 1 aliphatic rings. The van der Waals surface area contributed by atoms with Gasteiger partial charge in [0.2, 0.25) is 0 Å². The van der Waals surface area contributed by atoms with E-state index in [-0.39, 0.29) is 16.2 Å². The van der Waals surface area contributed by atoms with Crippen LogP contribution < -0.4 is 14.4 Å². The molecular formula is C24H20ClNO6. The van der Waals surface area contributed by atoms with Crippen molar-refractivity contribution in [3.8, 4) is 11.5 Å². The van der Waals surface area contributed by atoms with Gasteiger partial charge in [-0.2, -0.15) is 0 Å². The van der Waals surface area contributed by atoms with E-state index in [0.717, 1.165) is 0 Å². The molecule has 8 heteroatoms. The number of ether oxygens (including phenoxy) is 2. The van der Waals surface area contributed by atoms with Crippen LogP contribution in [0.5, 0.6) is 11.5 Å². The first-order chi connectivity index (χ1) is 15.5. The fraction of sp³-hybridized carbons (Fsp3) is 0.167. The summed E-state index contributed by atoms with van der Waals surface area (Å²) in [5.74, 6) is -0.671. The molecule has 0 radical (unpaired) electrons. The van der Waals surface area contributed by atoms with E-state index < -0.39 is 23.5 Å². The molecule has 1 atom stereocenters. The topological polar surface area (TPSA) is 89.2 Å². The Bertz CT molecular complexity index is 1180. The number of rotatable bonds is 6. The monoisotopic (exact) mass is 453 g/mol. The summed E-state index contributed by atoms with van der Waals surface area (Å²) in [6.45, 7) is 2.24. The van der Waals surface area contributed by atoms with Gasteiger partial charge < -0.3 is 19.0 Å². The third kappa shape index (κ3) is 3.71. The molecule has 7 nitrogen and oxygen atoms in total.